The number of aryl methyl sites for hydroxylation is 1. The fourth-order valence-electron chi connectivity index (χ4n) is 1.94. The lowest BCUT2D eigenvalue weighted by Crippen LogP contribution is -2.33. The summed E-state index contributed by atoms with van der Waals surface area (Å²) in [6, 6.07) is 1.76. The molecular formula is C11H17ClN4. The van der Waals surface area contributed by atoms with Crippen LogP contribution in [0.25, 0.3) is 0 Å². The molecule has 1 aromatic rings. The number of hydrogen-bond donors (Lipinski definition) is 2. The summed E-state index contributed by atoms with van der Waals surface area (Å²) in [5, 5.41) is 7.13. The normalized spacial score (nSPS) is 20.8. The van der Waals surface area contributed by atoms with Gasteiger partial charge in [-0.05, 0) is 44.8 Å². The smallest absolute Gasteiger partial charge is 0.224 e. The van der Waals surface area contributed by atoms with E-state index in [1.54, 1.807) is 6.07 Å². The molecule has 0 bridgehead atoms. The molecule has 1 aliphatic heterocycles. The van der Waals surface area contributed by atoms with E-state index >= 15 is 0 Å². The minimum Gasteiger partial charge on any atom is -0.354 e. The van der Waals surface area contributed by atoms with Crippen LogP contribution < -0.4 is 10.6 Å². The van der Waals surface area contributed by atoms with E-state index in [1.165, 1.54) is 12.8 Å². The second-order valence-corrected chi connectivity index (χ2v) is 4.64. The minimum atomic E-state index is 0.497. The molecule has 16 heavy (non-hydrogen) atoms. The number of nitrogens with zero attached hydrogens (tertiary/aromatic N) is 2. The first-order chi connectivity index (χ1) is 7.74. The van der Waals surface area contributed by atoms with Crippen molar-refractivity contribution in [2.24, 2.45) is 5.92 Å². The molecule has 1 fully saturated rings. The van der Waals surface area contributed by atoms with Crippen LogP contribution in [0.15, 0.2) is 6.07 Å². The summed E-state index contributed by atoms with van der Waals surface area (Å²) in [6.45, 7) is 5.05. The molecule has 0 spiro atoms. The summed E-state index contributed by atoms with van der Waals surface area (Å²) in [4.78, 5) is 8.43. The lowest BCUT2D eigenvalue weighted by molar-refractivity contribution is 0.392. The van der Waals surface area contributed by atoms with Gasteiger partial charge >= 0.3 is 0 Å². The Morgan fingerprint density at radius 2 is 2.44 bits per heavy atom. The predicted molar refractivity (Wildman–Crippen MR) is 65.9 cm³/mol. The molecule has 4 nitrogen and oxygen atoms in total. The van der Waals surface area contributed by atoms with Crippen molar-refractivity contribution in [3.63, 3.8) is 0 Å². The summed E-state index contributed by atoms with van der Waals surface area (Å²) < 4.78 is 0. The standard InChI is InChI=1S/C11H17ClN4/c1-8-5-10(12)16-11(15-8)14-7-9-3-2-4-13-6-9/h5,9,13H,2-4,6-7H2,1H3,(H,14,15,16)/t9-/m1/s1. The van der Waals surface area contributed by atoms with Crippen molar-refractivity contribution in [1.29, 1.82) is 0 Å². The Labute approximate surface area is 101 Å². The highest BCUT2D eigenvalue weighted by molar-refractivity contribution is 6.29. The second-order valence-electron chi connectivity index (χ2n) is 4.25. The average Bonchev–Trinajstić information content (AvgIpc) is 2.27. The quantitative estimate of drug-likeness (QED) is 0.792. The van der Waals surface area contributed by atoms with Crippen LogP contribution in [0.3, 0.4) is 0 Å². The topological polar surface area (TPSA) is 49.8 Å². The van der Waals surface area contributed by atoms with Crippen molar-refractivity contribution in [3.05, 3.63) is 16.9 Å². The first-order valence-electron chi connectivity index (χ1n) is 5.70. The number of anilines is 1. The van der Waals surface area contributed by atoms with Crippen molar-refractivity contribution in [1.82, 2.24) is 15.3 Å². The summed E-state index contributed by atoms with van der Waals surface area (Å²) in [7, 11) is 0. The van der Waals surface area contributed by atoms with E-state index in [2.05, 4.69) is 20.6 Å². The largest absolute Gasteiger partial charge is 0.354 e. The van der Waals surface area contributed by atoms with Crippen LogP contribution in [0, 0.1) is 12.8 Å². The van der Waals surface area contributed by atoms with Gasteiger partial charge < -0.3 is 10.6 Å². The van der Waals surface area contributed by atoms with Gasteiger partial charge in [0, 0.05) is 12.2 Å². The molecule has 2 N–H and O–H groups in total. The maximum Gasteiger partial charge on any atom is 0.224 e. The van der Waals surface area contributed by atoms with Crippen molar-refractivity contribution >= 4 is 17.5 Å². The highest BCUT2D eigenvalue weighted by atomic mass is 35.5. The van der Waals surface area contributed by atoms with Crippen molar-refractivity contribution in [3.8, 4) is 0 Å². The first-order valence-corrected chi connectivity index (χ1v) is 6.07. The van der Waals surface area contributed by atoms with E-state index in [4.69, 9.17) is 11.6 Å². The molecule has 5 heteroatoms. The third kappa shape index (κ3) is 3.32. The number of halogens is 1. The van der Waals surface area contributed by atoms with Crippen LogP contribution in [0.2, 0.25) is 5.15 Å². The van der Waals surface area contributed by atoms with Gasteiger partial charge in [0.1, 0.15) is 5.15 Å². The monoisotopic (exact) mass is 240 g/mol. The van der Waals surface area contributed by atoms with Gasteiger partial charge in [0.05, 0.1) is 0 Å². The van der Waals surface area contributed by atoms with Crippen LogP contribution in [0.4, 0.5) is 5.95 Å². The van der Waals surface area contributed by atoms with Gasteiger partial charge in [0.2, 0.25) is 5.95 Å². The number of aromatic nitrogens is 2. The van der Waals surface area contributed by atoms with Gasteiger partial charge in [-0.3, -0.25) is 0 Å². The highest BCUT2D eigenvalue weighted by Gasteiger charge is 2.12. The van der Waals surface area contributed by atoms with E-state index in [-0.39, 0.29) is 0 Å². The van der Waals surface area contributed by atoms with E-state index in [0.717, 1.165) is 25.3 Å². The minimum absolute atomic E-state index is 0.497. The molecular weight excluding hydrogens is 224 g/mol. The Morgan fingerprint density at radius 1 is 1.56 bits per heavy atom. The fraction of sp³-hybridized carbons (Fsp3) is 0.636. The Kier molecular flexibility index (Phi) is 3.96. The summed E-state index contributed by atoms with van der Waals surface area (Å²) in [6.07, 6.45) is 2.52. The summed E-state index contributed by atoms with van der Waals surface area (Å²) >= 11 is 5.87. The Hall–Kier alpha value is -0.870. The third-order valence-corrected chi connectivity index (χ3v) is 2.96. The van der Waals surface area contributed by atoms with Crippen LogP contribution in [-0.2, 0) is 0 Å². The van der Waals surface area contributed by atoms with Crippen LogP contribution in [0.5, 0.6) is 0 Å². The molecule has 88 valence electrons. The molecule has 0 unspecified atom stereocenters. The molecule has 1 aromatic heterocycles. The molecule has 0 amide bonds. The summed E-state index contributed by atoms with van der Waals surface area (Å²) in [5.41, 5.74) is 0.893. The van der Waals surface area contributed by atoms with E-state index < -0.39 is 0 Å². The zero-order valence-electron chi connectivity index (χ0n) is 9.46. The van der Waals surface area contributed by atoms with Crippen molar-refractivity contribution < 1.29 is 0 Å². The lowest BCUT2D eigenvalue weighted by Gasteiger charge is -2.22. The van der Waals surface area contributed by atoms with Gasteiger partial charge in [-0.15, -0.1) is 0 Å². The maximum atomic E-state index is 5.87. The maximum absolute atomic E-state index is 5.87. The molecule has 0 saturated carbocycles. The number of rotatable bonds is 3. The van der Waals surface area contributed by atoms with Crippen LogP contribution in [-0.4, -0.2) is 29.6 Å². The molecule has 1 aliphatic rings. The molecule has 1 saturated heterocycles. The molecule has 0 aliphatic carbocycles. The average molecular weight is 241 g/mol. The van der Waals surface area contributed by atoms with Crippen LogP contribution >= 0.6 is 11.6 Å². The first kappa shape index (κ1) is 11.6. The second kappa shape index (κ2) is 5.46. The van der Waals surface area contributed by atoms with Gasteiger partial charge in [-0.1, -0.05) is 11.6 Å². The van der Waals surface area contributed by atoms with Gasteiger partial charge in [0.15, 0.2) is 0 Å². The molecule has 0 radical (unpaired) electrons. The lowest BCUT2D eigenvalue weighted by atomic mass is 10.00. The molecule has 2 heterocycles. The zero-order valence-corrected chi connectivity index (χ0v) is 10.2. The number of hydrogen-bond acceptors (Lipinski definition) is 4. The fourth-order valence-corrected chi connectivity index (χ4v) is 2.18. The zero-order chi connectivity index (χ0) is 11.4. The van der Waals surface area contributed by atoms with E-state index in [9.17, 15) is 0 Å². The molecule has 1 atom stereocenters. The Bertz CT molecular complexity index is 330. The third-order valence-electron chi connectivity index (χ3n) is 2.77. The van der Waals surface area contributed by atoms with Gasteiger partial charge in [-0.2, -0.15) is 0 Å². The van der Waals surface area contributed by atoms with Gasteiger partial charge in [0.25, 0.3) is 0 Å². The molecule has 2 rings (SSSR count). The number of nitrogens with one attached hydrogen (secondary N) is 2. The SMILES string of the molecule is Cc1cc(Cl)nc(NC[C@@H]2CCCNC2)n1. The van der Waals surface area contributed by atoms with Crippen LogP contribution in [0.1, 0.15) is 18.5 Å². The predicted octanol–water partition coefficient (Wildman–Crippen LogP) is 1.85. The van der Waals surface area contributed by atoms with E-state index in [1.807, 2.05) is 6.92 Å². The van der Waals surface area contributed by atoms with Crippen molar-refractivity contribution in [2.75, 3.05) is 25.0 Å². The molecule has 0 aromatic carbocycles. The highest BCUT2D eigenvalue weighted by Crippen LogP contribution is 2.13. The van der Waals surface area contributed by atoms with Crippen molar-refractivity contribution in [2.45, 2.75) is 19.8 Å². The Balaban J connectivity index is 1.88. The summed E-state index contributed by atoms with van der Waals surface area (Å²) in [5.74, 6) is 1.30. The number of piperidine rings is 1. The Morgan fingerprint density at radius 3 is 3.12 bits per heavy atom. The van der Waals surface area contributed by atoms with Gasteiger partial charge in [-0.25, -0.2) is 9.97 Å². The van der Waals surface area contributed by atoms with E-state index in [0.29, 0.717) is 17.0 Å².